The third-order valence-corrected chi connectivity index (χ3v) is 5.84. The monoisotopic (exact) mass is 426 g/mol. The molecule has 0 amide bonds. The van der Waals surface area contributed by atoms with Gasteiger partial charge in [0, 0.05) is 58.2 Å². The van der Waals surface area contributed by atoms with E-state index in [4.69, 9.17) is 10.5 Å². The molecule has 3 heterocycles. The Kier molecular flexibility index (Phi) is 4.93. The Bertz CT molecular complexity index is 1430. The molecule has 162 valence electrons. The summed E-state index contributed by atoms with van der Waals surface area (Å²) in [7, 11) is 3.76. The molecule has 0 aliphatic heterocycles. The van der Waals surface area contributed by atoms with Crippen molar-refractivity contribution in [2.75, 3.05) is 18.2 Å². The van der Waals surface area contributed by atoms with Gasteiger partial charge in [0.05, 0.1) is 7.11 Å². The zero-order valence-corrected chi connectivity index (χ0v) is 18.4. The number of methoxy groups -OCH3 is 1. The number of ether oxygens (including phenoxy) is 1. The van der Waals surface area contributed by atoms with E-state index in [1.165, 1.54) is 16.5 Å². The van der Waals surface area contributed by atoms with Gasteiger partial charge in [-0.05, 0) is 67.8 Å². The number of aromatic nitrogens is 4. The minimum absolute atomic E-state index is 0.254. The molecule has 0 saturated heterocycles. The lowest BCUT2D eigenvalue weighted by molar-refractivity contribution is 0.415. The molecular weight excluding hydrogens is 400 g/mol. The number of nitrogen functional groups attached to an aromatic ring is 1. The molecule has 5 rings (SSSR count). The van der Waals surface area contributed by atoms with Gasteiger partial charge in [-0.25, -0.2) is 4.98 Å². The van der Waals surface area contributed by atoms with Crippen LogP contribution in [0.5, 0.6) is 5.75 Å². The number of anilines is 3. The average molecular weight is 427 g/mol. The van der Waals surface area contributed by atoms with Crippen molar-refractivity contribution in [2.24, 2.45) is 7.05 Å². The van der Waals surface area contributed by atoms with Crippen LogP contribution in [0.1, 0.15) is 16.8 Å². The van der Waals surface area contributed by atoms with Gasteiger partial charge in [0.2, 0.25) is 5.95 Å². The normalized spacial score (nSPS) is 11.3. The van der Waals surface area contributed by atoms with Gasteiger partial charge in [-0.2, -0.15) is 4.98 Å². The molecule has 0 atom stereocenters. The highest BCUT2D eigenvalue weighted by molar-refractivity contribution is 5.86. The highest BCUT2D eigenvalue weighted by Crippen LogP contribution is 2.28. The van der Waals surface area contributed by atoms with Gasteiger partial charge in [0.25, 0.3) is 0 Å². The van der Waals surface area contributed by atoms with Crippen molar-refractivity contribution in [3.8, 4) is 5.75 Å². The Morgan fingerprint density at radius 2 is 1.94 bits per heavy atom. The molecule has 7 nitrogen and oxygen atoms in total. The van der Waals surface area contributed by atoms with Gasteiger partial charge in [0.15, 0.2) is 0 Å². The van der Waals surface area contributed by atoms with Crippen LogP contribution in [0.2, 0.25) is 0 Å². The summed E-state index contributed by atoms with van der Waals surface area (Å²) in [5.74, 6) is 1.85. The Morgan fingerprint density at radius 1 is 1.09 bits per heavy atom. The molecule has 0 unspecified atom stereocenters. The maximum absolute atomic E-state index is 5.91. The number of aromatic amines is 1. The van der Waals surface area contributed by atoms with E-state index in [9.17, 15) is 0 Å². The second-order valence-electron chi connectivity index (χ2n) is 8.13. The topological polar surface area (TPSA) is 93.8 Å². The third kappa shape index (κ3) is 3.73. The van der Waals surface area contributed by atoms with Crippen LogP contribution in [-0.4, -0.2) is 26.6 Å². The van der Waals surface area contributed by atoms with Gasteiger partial charge in [-0.1, -0.05) is 0 Å². The molecule has 0 radical (unpaired) electrons. The van der Waals surface area contributed by atoms with Crippen molar-refractivity contribution in [3.63, 3.8) is 0 Å². The first-order chi connectivity index (χ1) is 15.5. The molecule has 5 aromatic rings. The maximum Gasteiger partial charge on any atom is 0.221 e. The standard InChI is InChI=1S/C25H26N6O/c1-15-10-18-11-19(6-8-22(18)28-15)29-24-16(13-27-25(26)30-24)4-5-17-14-31(2)23-9-7-20(32-3)12-21(17)23/h6-14,28H,4-5H2,1-3H3,(H3,26,27,29,30). The van der Waals surface area contributed by atoms with E-state index in [1.807, 2.05) is 18.3 Å². The van der Waals surface area contributed by atoms with Crippen LogP contribution < -0.4 is 15.8 Å². The predicted molar refractivity (Wildman–Crippen MR) is 130 cm³/mol. The van der Waals surface area contributed by atoms with Gasteiger partial charge in [0.1, 0.15) is 11.6 Å². The molecule has 2 aromatic carbocycles. The number of hydrogen-bond donors (Lipinski definition) is 3. The molecular formula is C25H26N6O. The molecule has 0 aliphatic carbocycles. The first kappa shape index (κ1) is 19.9. The minimum atomic E-state index is 0.254. The summed E-state index contributed by atoms with van der Waals surface area (Å²) < 4.78 is 7.57. The quantitative estimate of drug-likeness (QED) is 0.360. The van der Waals surface area contributed by atoms with Crippen LogP contribution in [0.4, 0.5) is 17.5 Å². The Labute approximate surface area is 186 Å². The first-order valence-corrected chi connectivity index (χ1v) is 10.6. The second-order valence-corrected chi connectivity index (χ2v) is 8.13. The maximum atomic E-state index is 5.91. The molecule has 3 aromatic heterocycles. The molecule has 0 saturated carbocycles. The summed E-state index contributed by atoms with van der Waals surface area (Å²) >= 11 is 0. The Balaban J connectivity index is 1.43. The molecule has 0 aliphatic rings. The largest absolute Gasteiger partial charge is 0.497 e. The van der Waals surface area contributed by atoms with Gasteiger partial charge >= 0.3 is 0 Å². The van der Waals surface area contributed by atoms with Crippen molar-refractivity contribution in [1.29, 1.82) is 0 Å². The van der Waals surface area contributed by atoms with E-state index in [1.54, 1.807) is 7.11 Å². The molecule has 32 heavy (non-hydrogen) atoms. The summed E-state index contributed by atoms with van der Waals surface area (Å²) in [6.45, 7) is 2.05. The summed E-state index contributed by atoms with van der Waals surface area (Å²) in [6.07, 6.45) is 5.62. The smallest absolute Gasteiger partial charge is 0.221 e. The predicted octanol–water partition coefficient (Wildman–Crippen LogP) is 4.88. The number of fused-ring (bicyclic) bond motifs is 2. The number of nitrogens with one attached hydrogen (secondary N) is 2. The number of aryl methyl sites for hydroxylation is 4. The van der Waals surface area contributed by atoms with Gasteiger partial charge < -0.3 is 25.3 Å². The number of H-pyrrole nitrogens is 1. The zero-order valence-electron chi connectivity index (χ0n) is 18.4. The lowest BCUT2D eigenvalue weighted by Gasteiger charge is -2.11. The fraction of sp³-hybridized carbons (Fsp3) is 0.200. The fourth-order valence-corrected chi connectivity index (χ4v) is 4.25. The van der Waals surface area contributed by atoms with E-state index in [0.717, 1.165) is 52.3 Å². The summed E-state index contributed by atoms with van der Waals surface area (Å²) in [4.78, 5) is 12.1. The van der Waals surface area contributed by atoms with E-state index in [-0.39, 0.29) is 5.95 Å². The summed E-state index contributed by atoms with van der Waals surface area (Å²) in [5.41, 5.74) is 12.6. The number of hydrogen-bond acceptors (Lipinski definition) is 5. The lowest BCUT2D eigenvalue weighted by Crippen LogP contribution is -2.05. The first-order valence-electron chi connectivity index (χ1n) is 10.6. The number of benzene rings is 2. The van der Waals surface area contributed by atoms with Crippen molar-refractivity contribution in [3.05, 3.63) is 71.7 Å². The van der Waals surface area contributed by atoms with E-state index in [2.05, 4.69) is 75.3 Å². The summed E-state index contributed by atoms with van der Waals surface area (Å²) in [6, 6.07) is 14.5. The minimum Gasteiger partial charge on any atom is -0.497 e. The van der Waals surface area contributed by atoms with Crippen molar-refractivity contribution >= 4 is 39.3 Å². The van der Waals surface area contributed by atoms with Crippen LogP contribution >= 0.6 is 0 Å². The average Bonchev–Trinajstić information content (AvgIpc) is 3.31. The fourth-order valence-electron chi connectivity index (χ4n) is 4.25. The number of nitrogens with two attached hydrogens (primary N) is 1. The van der Waals surface area contributed by atoms with Crippen molar-refractivity contribution in [1.82, 2.24) is 19.5 Å². The van der Waals surface area contributed by atoms with Crippen LogP contribution in [-0.2, 0) is 19.9 Å². The number of nitrogens with zero attached hydrogens (tertiary/aromatic N) is 3. The molecule has 0 fully saturated rings. The van der Waals surface area contributed by atoms with Gasteiger partial charge in [-0.15, -0.1) is 0 Å². The van der Waals surface area contributed by atoms with Crippen LogP contribution in [0, 0.1) is 6.92 Å². The molecule has 0 bridgehead atoms. The molecule has 0 spiro atoms. The summed E-state index contributed by atoms with van der Waals surface area (Å²) in [5, 5.41) is 5.79. The van der Waals surface area contributed by atoms with Crippen LogP contribution in [0.25, 0.3) is 21.8 Å². The second kappa shape index (κ2) is 7.92. The SMILES string of the molecule is COc1ccc2c(c1)c(CCc1cnc(N)nc1Nc1ccc3[nH]c(C)cc3c1)cn2C. The zero-order chi connectivity index (χ0) is 22.2. The Morgan fingerprint density at radius 3 is 2.78 bits per heavy atom. The highest BCUT2D eigenvalue weighted by Gasteiger charge is 2.12. The van der Waals surface area contributed by atoms with E-state index in [0.29, 0.717) is 0 Å². The molecule has 4 N–H and O–H groups in total. The van der Waals surface area contributed by atoms with E-state index < -0.39 is 0 Å². The van der Waals surface area contributed by atoms with Crippen molar-refractivity contribution in [2.45, 2.75) is 19.8 Å². The van der Waals surface area contributed by atoms with Gasteiger partial charge in [-0.3, -0.25) is 0 Å². The van der Waals surface area contributed by atoms with Crippen LogP contribution in [0.15, 0.2) is 54.9 Å². The van der Waals surface area contributed by atoms with E-state index >= 15 is 0 Å². The molecule has 7 heteroatoms. The van der Waals surface area contributed by atoms with Crippen molar-refractivity contribution < 1.29 is 4.74 Å². The third-order valence-electron chi connectivity index (χ3n) is 5.84. The van der Waals surface area contributed by atoms with Crippen LogP contribution in [0.3, 0.4) is 0 Å². The number of rotatable bonds is 6. The Hall–Kier alpha value is -4.00. The lowest BCUT2D eigenvalue weighted by atomic mass is 10.0. The highest BCUT2D eigenvalue weighted by atomic mass is 16.5.